The number of piperidine rings is 1. The third-order valence-corrected chi connectivity index (χ3v) is 5.21. The lowest BCUT2D eigenvalue weighted by molar-refractivity contribution is 0.355. The lowest BCUT2D eigenvalue weighted by atomic mass is 9.92. The van der Waals surface area contributed by atoms with Gasteiger partial charge in [0.2, 0.25) is 0 Å². The Labute approximate surface area is 166 Å². The van der Waals surface area contributed by atoms with E-state index in [1.165, 1.54) is 6.42 Å². The number of thiocarbonyl (C=S) groups is 1. The maximum atomic E-state index is 6.16. The van der Waals surface area contributed by atoms with Gasteiger partial charge in [-0.2, -0.15) is 0 Å². The van der Waals surface area contributed by atoms with Gasteiger partial charge < -0.3 is 15.5 Å². The zero-order valence-corrected chi connectivity index (χ0v) is 16.8. The van der Waals surface area contributed by atoms with Crippen LogP contribution in [-0.4, -0.2) is 23.2 Å². The summed E-state index contributed by atoms with van der Waals surface area (Å²) >= 11 is 11.5. The molecule has 0 radical (unpaired) electrons. The van der Waals surface area contributed by atoms with Crippen LogP contribution in [0.25, 0.3) is 0 Å². The Bertz CT molecular complexity index is 740. The predicted molar refractivity (Wildman–Crippen MR) is 114 cm³/mol. The molecule has 138 valence electrons. The van der Waals surface area contributed by atoms with Crippen molar-refractivity contribution < 1.29 is 0 Å². The molecular weight excluding hydrogens is 364 g/mol. The third kappa shape index (κ3) is 5.08. The molecule has 2 aromatic rings. The second kappa shape index (κ2) is 8.69. The topological polar surface area (TPSA) is 40.2 Å². The average Bonchev–Trinajstić information content (AvgIpc) is 2.61. The first-order chi connectivity index (χ1) is 12.5. The van der Waals surface area contributed by atoms with Gasteiger partial charge in [0.25, 0.3) is 0 Å². The highest BCUT2D eigenvalue weighted by Crippen LogP contribution is 2.25. The van der Waals surface area contributed by atoms with Crippen molar-refractivity contribution in [3.8, 4) is 0 Å². The molecule has 0 aliphatic carbocycles. The molecule has 1 saturated heterocycles. The fourth-order valence-corrected chi connectivity index (χ4v) is 3.88. The van der Waals surface area contributed by atoms with Crippen molar-refractivity contribution in [2.75, 3.05) is 23.3 Å². The Morgan fingerprint density at radius 1 is 1.19 bits per heavy atom. The van der Waals surface area contributed by atoms with Crippen molar-refractivity contribution in [3.63, 3.8) is 0 Å². The van der Waals surface area contributed by atoms with E-state index < -0.39 is 0 Å². The molecule has 6 heteroatoms. The molecule has 3 rings (SSSR count). The number of nitrogens with zero attached hydrogens (tertiary/aromatic N) is 2. The van der Waals surface area contributed by atoms with Crippen LogP contribution < -0.4 is 15.5 Å². The molecule has 1 aromatic carbocycles. The number of aromatic nitrogens is 1. The normalized spacial score (nSPS) is 19.9. The largest absolute Gasteiger partial charge is 0.358 e. The Kier molecular flexibility index (Phi) is 6.33. The lowest BCUT2D eigenvalue weighted by Crippen LogP contribution is -2.39. The first-order valence-corrected chi connectivity index (χ1v) is 9.79. The average molecular weight is 389 g/mol. The van der Waals surface area contributed by atoms with E-state index in [4.69, 9.17) is 23.8 Å². The first kappa shape index (κ1) is 18.9. The summed E-state index contributed by atoms with van der Waals surface area (Å²) in [4.78, 5) is 6.98. The van der Waals surface area contributed by atoms with Crippen LogP contribution in [0.3, 0.4) is 0 Å². The van der Waals surface area contributed by atoms with Crippen LogP contribution in [0.4, 0.5) is 11.5 Å². The van der Waals surface area contributed by atoms with Gasteiger partial charge in [0.15, 0.2) is 5.11 Å². The van der Waals surface area contributed by atoms with E-state index in [2.05, 4.69) is 40.4 Å². The van der Waals surface area contributed by atoms with E-state index in [9.17, 15) is 0 Å². The molecule has 0 spiro atoms. The number of benzene rings is 1. The Balaban J connectivity index is 1.54. The van der Waals surface area contributed by atoms with Crippen molar-refractivity contribution >= 4 is 40.4 Å². The SMILES string of the molecule is C[C@@H]1C[C@@H](C)CN(c2ccc(NC(=S)NCc3ccccc3Cl)cn2)C1. The van der Waals surface area contributed by atoms with Crippen LogP contribution in [0, 0.1) is 11.8 Å². The quantitative estimate of drug-likeness (QED) is 0.742. The molecule has 26 heavy (non-hydrogen) atoms. The Morgan fingerprint density at radius 3 is 2.58 bits per heavy atom. The first-order valence-electron chi connectivity index (χ1n) is 9.00. The van der Waals surface area contributed by atoms with Crippen LogP contribution in [0.1, 0.15) is 25.8 Å². The zero-order valence-electron chi connectivity index (χ0n) is 15.2. The van der Waals surface area contributed by atoms with Crippen molar-refractivity contribution in [1.29, 1.82) is 0 Å². The number of pyridine rings is 1. The Hall–Kier alpha value is -1.85. The van der Waals surface area contributed by atoms with Crippen LogP contribution in [0.2, 0.25) is 5.02 Å². The maximum Gasteiger partial charge on any atom is 0.171 e. The summed E-state index contributed by atoms with van der Waals surface area (Å²) in [5, 5.41) is 7.64. The van der Waals surface area contributed by atoms with E-state index >= 15 is 0 Å². The molecule has 4 nitrogen and oxygen atoms in total. The maximum absolute atomic E-state index is 6.16. The predicted octanol–water partition coefficient (Wildman–Crippen LogP) is 4.70. The molecule has 2 heterocycles. The van der Waals surface area contributed by atoms with E-state index in [0.29, 0.717) is 23.5 Å². The summed E-state index contributed by atoms with van der Waals surface area (Å²) in [6.45, 7) is 7.34. The van der Waals surface area contributed by atoms with Gasteiger partial charge in [0.05, 0.1) is 11.9 Å². The highest BCUT2D eigenvalue weighted by Gasteiger charge is 2.22. The van der Waals surface area contributed by atoms with Gasteiger partial charge in [-0.15, -0.1) is 0 Å². The van der Waals surface area contributed by atoms with Gasteiger partial charge in [-0.05, 0) is 54.2 Å². The van der Waals surface area contributed by atoms with Crippen molar-refractivity contribution in [2.24, 2.45) is 11.8 Å². The molecule has 1 aromatic heterocycles. The molecule has 1 aliphatic rings. The number of hydrogen-bond acceptors (Lipinski definition) is 3. The number of halogens is 1. The molecule has 0 saturated carbocycles. The minimum absolute atomic E-state index is 0.555. The molecule has 1 fully saturated rings. The lowest BCUT2D eigenvalue weighted by Gasteiger charge is -2.35. The van der Waals surface area contributed by atoms with E-state index in [-0.39, 0.29) is 0 Å². The molecular formula is C20H25ClN4S. The second-order valence-corrected chi connectivity index (χ2v) is 7.97. The van der Waals surface area contributed by atoms with Crippen molar-refractivity contribution in [2.45, 2.75) is 26.8 Å². The number of rotatable bonds is 4. The van der Waals surface area contributed by atoms with E-state index in [1.54, 1.807) is 0 Å². The van der Waals surface area contributed by atoms with Gasteiger partial charge in [-0.25, -0.2) is 4.98 Å². The minimum Gasteiger partial charge on any atom is -0.358 e. The van der Waals surface area contributed by atoms with Gasteiger partial charge in [-0.3, -0.25) is 0 Å². The minimum atomic E-state index is 0.555. The smallest absolute Gasteiger partial charge is 0.171 e. The summed E-state index contributed by atoms with van der Waals surface area (Å²) in [7, 11) is 0. The van der Waals surface area contributed by atoms with Gasteiger partial charge in [0.1, 0.15) is 5.82 Å². The highest BCUT2D eigenvalue weighted by molar-refractivity contribution is 7.80. The number of anilines is 2. The highest BCUT2D eigenvalue weighted by atomic mass is 35.5. The van der Waals surface area contributed by atoms with Gasteiger partial charge >= 0.3 is 0 Å². The van der Waals surface area contributed by atoms with Crippen LogP contribution in [0.5, 0.6) is 0 Å². The fourth-order valence-electron chi connectivity index (χ4n) is 3.49. The molecule has 0 unspecified atom stereocenters. The number of hydrogen-bond donors (Lipinski definition) is 2. The standard InChI is InChI=1S/C20H25ClN4S/c1-14-9-15(2)13-25(12-14)19-8-7-17(11-22-19)24-20(26)23-10-16-5-3-4-6-18(16)21/h3-8,11,14-15H,9-10,12-13H2,1-2H3,(H2,23,24,26)/t14-,15-/m1/s1. The molecule has 0 bridgehead atoms. The van der Waals surface area contributed by atoms with Crippen LogP contribution in [0.15, 0.2) is 42.6 Å². The molecule has 2 N–H and O–H groups in total. The van der Waals surface area contributed by atoms with Crippen molar-refractivity contribution in [3.05, 3.63) is 53.2 Å². The molecule has 2 atom stereocenters. The number of nitrogens with one attached hydrogen (secondary N) is 2. The summed E-state index contributed by atoms with van der Waals surface area (Å²) < 4.78 is 0. The molecule has 0 amide bonds. The summed E-state index contributed by atoms with van der Waals surface area (Å²) in [6.07, 6.45) is 3.13. The monoisotopic (exact) mass is 388 g/mol. The van der Waals surface area contributed by atoms with E-state index in [1.807, 2.05) is 36.5 Å². The molecule has 1 aliphatic heterocycles. The van der Waals surface area contributed by atoms with Crippen molar-refractivity contribution in [1.82, 2.24) is 10.3 Å². The summed E-state index contributed by atoms with van der Waals surface area (Å²) in [5.74, 6) is 2.45. The van der Waals surface area contributed by atoms with Gasteiger partial charge in [0, 0.05) is 24.7 Å². The summed E-state index contributed by atoms with van der Waals surface area (Å²) in [5.41, 5.74) is 1.89. The fraction of sp³-hybridized carbons (Fsp3) is 0.400. The Morgan fingerprint density at radius 2 is 1.92 bits per heavy atom. The van der Waals surface area contributed by atoms with E-state index in [0.717, 1.165) is 35.2 Å². The third-order valence-electron chi connectivity index (χ3n) is 4.60. The van der Waals surface area contributed by atoms with Crippen LogP contribution >= 0.6 is 23.8 Å². The zero-order chi connectivity index (χ0) is 18.5. The van der Waals surface area contributed by atoms with Crippen LogP contribution in [-0.2, 0) is 6.54 Å². The second-order valence-electron chi connectivity index (χ2n) is 7.16. The summed E-state index contributed by atoms with van der Waals surface area (Å²) in [6, 6.07) is 11.8. The van der Waals surface area contributed by atoms with Gasteiger partial charge in [-0.1, -0.05) is 43.6 Å².